The van der Waals surface area contributed by atoms with Crippen molar-refractivity contribution in [1.82, 2.24) is 14.9 Å². The number of anilines is 1. The SMILES string of the molecule is Cc1nccc(N2CCC[C@@H](C(=O)N(C)C)C2)n1. The summed E-state index contributed by atoms with van der Waals surface area (Å²) in [5.41, 5.74) is 0. The number of piperidine rings is 1. The van der Waals surface area contributed by atoms with Gasteiger partial charge in [-0.15, -0.1) is 0 Å². The van der Waals surface area contributed by atoms with Gasteiger partial charge in [0.15, 0.2) is 0 Å². The summed E-state index contributed by atoms with van der Waals surface area (Å²) in [6.45, 7) is 3.61. The molecule has 5 nitrogen and oxygen atoms in total. The van der Waals surface area contributed by atoms with Gasteiger partial charge in [-0.25, -0.2) is 9.97 Å². The Kier molecular flexibility index (Phi) is 3.79. The summed E-state index contributed by atoms with van der Waals surface area (Å²) in [6, 6.07) is 1.91. The molecule has 0 aliphatic carbocycles. The number of nitrogens with zero attached hydrogens (tertiary/aromatic N) is 4. The van der Waals surface area contributed by atoms with Crippen LogP contribution < -0.4 is 4.90 Å². The maximum Gasteiger partial charge on any atom is 0.226 e. The molecule has 0 radical (unpaired) electrons. The summed E-state index contributed by atoms with van der Waals surface area (Å²) < 4.78 is 0. The van der Waals surface area contributed by atoms with E-state index in [0.29, 0.717) is 0 Å². The van der Waals surface area contributed by atoms with Crippen LogP contribution in [0.2, 0.25) is 0 Å². The second kappa shape index (κ2) is 5.33. The number of aromatic nitrogens is 2. The van der Waals surface area contributed by atoms with Gasteiger partial charge >= 0.3 is 0 Å². The summed E-state index contributed by atoms with van der Waals surface area (Å²) in [4.78, 5) is 24.4. The normalized spacial score (nSPS) is 19.7. The molecule has 18 heavy (non-hydrogen) atoms. The topological polar surface area (TPSA) is 49.3 Å². The van der Waals surface area contributed by atoms with Crippen molar-refractivity contribution in [3.05, 3.63) is 18.1 Å². The maximum atomic E-state index is 12.0. The fourth-order valence-corrected chi connectivity index (χ4v) is 2.37. The fraction of sp³-hybridized carbons (Fsp3) is 0.615. The largest absolute Gasteiger partial charge is 0.356 e. The number of aryl methyl sites for hydroxylation is 1. The Morgan fingerprint density at radius 2 is 2.28 bits per heavy atom. The van der Waals surface area contributed by atoms with E-state index in [2.05, 4.69) is 14.9 Å². The molecule has 1 saturated heterocycles. The van der Waals surface area contributed by atoms with E-state index in [1.807, 2.05) is 27.1 Å². The Bertz CT molecular complexity index is 433. The van der Waals surface area contributed by atoms with Crippen molar-refractivity contribution in [3.8, 4) is 0 Å². The van der Waals surface area contributed by atoms with Crippen LogP contribution in [-0.2, 0) is 4.79 Å². The lowest BCUT2D eigenvalue weighted by molar-refractivity contribution is -0.133. The van der Waals surface area contributed by atoms with Gasteiger partial charge in [0, 0.05) is 33.4 Å². The van der Waals surface area contributed by atoms with E-state index in [1.165, 1.54) is 0 Å². The minimum absolute atomic E-state index is 0.0871. The van der Waals surface area contributed by atoms with Crippen molar-refractivity contribution in [2.75, 3.05) is 32.1 Å². The molecule has 98 valence electrons. The van der Waals surface area contributed by atoms with Crippen LogP contribution in [0.5, 0.6) is 0 Å². The van der Waals surface area contributed by atoms with E-state index in [0.717, 1.165) is 37.6 Å². The van der Waals surface area contributed by atoms with E-state index in [1.54, 1.807) is 11.1 Å². The first-order valence-electron chi connectivity index (χ1n) is 6.33. The molecular weight excluding hydrogens is 228 g/mol. The van der Waals surface area contributed by atoms with Crippen molar-refractivity contribution in [2.24, 2.45) is 5.92 Å². The van der Waals surface area contributed by atoms with E-state index in [-0.39, 0.29) is 11.8 Å². The van der Waals surface area contributed by atoms with E-state index >= 15 is 0 Å². The van der Waals surface area contributed by atoms with Gasteiger partial charge in [-0.05, 0) is 25.8 Å². The lowest BCUT2D eigenvalue weighted by Crippen LogP contribution is -2.43. The molecule has 1 aliphatic rings. The Morgan fingerprint density at radius 1 is 1.50 bits per heavy atom. The predicted octanol–water partition coefficient (Wildman–Crippen LogP) is 1.09. The number of rotatable bonds is 2. The Labute approximate surface area is 108 Å². The summed E-state index contributed by atoms with van der Waals surface area (Å²) in [6.07, 6.45) is 3.78. The van der Waals surface area contributed by atoms with Crippen LogP contribution in [0.3, 0.4) is 0 Å². The average Bonchev–Trinajstić information content (AvgIpc) is 2.38. The van der Waals surface area contributed by atoms with Crippen molar-refractivity contribution >= 4 is 11.7 Å². The van der Waals surface area contributed by atoms with Gasteiger partial charge in [-0.2, -0.15) is 0 Å². The minimum Gasteiger partial charge on any atom is -0.356 e. The standard InChI is InChI=1S/C13H20N4O/c1-10-14-7-6-12(15-10)17-8-4-5-11(9-17)13(18)16(2)3/h6-7,11H,4-5,8-9H2,1-3H3/t11-/m1/s1. The highest BCUT2D eigenvalue weighted by Gasteiger charge is 2.27. The van der Waals surface area contributed by atoms with E-state index in [9.17, 15) is 4.79 Å². The van der Waals surface area contributed by atoms with Crippen LogP contribution in [0, 0.1) is 12.8 Å². The van der Waals surface area contributed by atoms with Crippen LogP contribution in [0.15, 0.2) is 12.3 Å². The zero-order chi connectivity index (χ0) is 13.1. The third-order valence-electron chi connectivity index (χ3n) is 3.30. The summed E-state index contributed by atoms with van der Waals surface area (Å²) in [5.74, 6) is 2.00. The van der Waals surface area contributed by atoms with Gasteiger partial charge in [0.05, 0.1) is 5.92 Å². The van der Waals surface area contributed by atoms with Gasteiger partial charge in [-0.1, -0.05) is 0 Å². The van der Waals surface area contributed by atoms with Crippen molar-refractivity contribution in [2.45, 2.75) is 19.8 Å². The molecule has 0 spiro atoms. The van der Waals surface area contributed by atoms with E-state index in [4.69, 9.17) is 0 Å². The zero-order valence-electron chi connectivity index (χ0n) is 11.3. The molecule has 1 atom stereocenters. The van der Waals surface area contributed by atoms with Gasteiger partial charge in [0.25, 0.3) is 0 Å². The van der Waals surface area contributed by atoms with Gasteiger partial charge in [-0.3, -0.25) is 4.79 Å². The monoisotopic (exact) mass is 248 g/mol. The molecule has 0 unspecified atom stereocenters. The molecule has 2 rings (SSSR count). The Balaban J connectivity index is 2.09. The number of hydrogen-bond acceptors (Lipinski definition) is 4. The van der Waals surface area contributed by atoms with Crippen LogP contribution in [0.4, 0.5) is 5.82 Å². The third-order valence-corrected chi connectivity index (χ3v) is 3.30. The first-order chi connectivity index (χ1) is 8.58. The second-order valence-corrected chi connectivity index (χ2v) is 4.98. The minimum atomic E-state index is 0.0871. The molecular formula is C13H20N4O. The molecule has 1 fully saturated rings. The van der Waals surface area contributed by atoms with Gasteiger partial charge in [0.2, 0.25) is 5.91 Å². The lowest BCUT2D eigenvalue weighted by Gasteiger charge is -2.33. The molecule has 1 aromatic heterocycles. The number of carbonyl (C=O) groups excluding carboxylic acids is 1. The number of amides is 1. The molecule has 0 N–H and O–H groups in total. The predicted molar refractivity (Wildman–Crippen MR) is 70.4 cm³/mol. The lowest BCUT2D eigenvalue weighted by atomic mass is 9.97. The second-order valence-electron chi connectivity index (χ2n) is 4.98. The number of carbonyl (C=O) groups is 1. The summed E-state index contributed by atoms with van der Waals surface area (Å²) in [7, 11) is 3.63. The van der Waals surface area contributed by atoms with Gasteiger partial charge in [0.1, 0.15) is 11.6 Å². The average molecular weight is 248 g/mol. The quantitative estimate of drug-likeness (QED) is 0.786. The molecule has 0 aromatic carbocycles. The molecule has 1 amide bonds. The van der Waals surface area contributed by atoms with Crippen molar-refractivity contribution < 1.29 is 4.79 Å². The maximum absolute atomic E-state index is 12.0. The van der Waals surface area contributed by atoms with Crippen LogP contribution in [0.25, 0.3) is 0 Å². The Morgan fingerprint density at radius 3 is 2.94 bits per heavy atom. The molecule has 0 bridgehead atoms. The molecule has 1 aliphatic heterocycles. The zero-order valence-corrected chi connectivity index (χ0v) is 11.3. The summed E-state index contributed by atoms with van der Waals surface area (Å²) in [5, 5.41) is 0. The molecule has 5 heteroatoms. The molecule has 2 heterocycles. The van der Waals surface area contributed by atoms with Crippen LogP contribution in [-0.4, -0.2) is 48.0 Å². The van der Waals surface area contributed by atoms with Crippen molar-refractivity contribution in [1.29, 1.82) is 0 Å². The highest BCUT2D eigenvalue weighted by atomic mass is 16.2. The Hall–Kier alpha value is -1.65. The number of hydrogen-bond donors (Lipinski definition) is 0. The van der Waals surface area contributed by atoms with Crippen LogP contribution in [0.1, 0.15) is 18.7 Å². The first-order valence-corrected chi connectivity index (χ1v) is 6.33. The highest BCUT2D eigenvalue weighted by Crippen LogP contribution is 2.22. The smallest absolute Gasteiger partial charge is 0.226 e. The summed E-state index contributed by atoms with van der Waals surface area (Å²) >= 11 is 0. The van der Waals surface area contributed by atoms with Gasteiger partial charge < -0.3 is 9.80 Å². The highest BCUT2D eigenvalue weighted by molar-refractivity contribution is 5.79. The van der Waals surface area contributed by atoms with E-state index < -0.39 is 0 Å². The van der Waals surface area contributed by atoms with Crippen molar-refractivity contribution in [3.63, 3.8) is 0 Å². The fourth-order valence-electron chi connectivity index (χ4n) is 2.37. The first kappa shape index (κ1) is 12.8. The third kappa shape index (κ3) is 2.78. The van der Waals surface area contributed by atoms with Crippen LogP contribution >= 0.6 is 0 Å². The molecule has 0 saturated carbocycles. The molecule has 1 aromatic rings.